The largest absolute Gasteiger partial charge is 0.490 e. The van der Waals surface area contributed by atoms with Crippen LogP contribution in [-0.4, -0.2) is 46.2 Å². The first-order valence-corrected chi connectivity index (χ1v) is 5.75. The molecule has 0 aromatic carbocycles. The molecule has 21 heavy (non-hydrogen) atoms. The first-order valence-electron chi connectivity index (χ1n) is 5.75. The highest BCUT2D eigenvalue weighted by Gasteiger charge is 2.38. The molecule has 0 radical (unpaired) electrons. The number of alkyl halides is 3. The van der Waals surface area contributed by atoms with E-state index in [9.17, 15) is 18.0 Å². The molecule has 0 saturated heterocycles. The number of carbonyl (C=O) groups is 2. The van der Waals surface area contributed by atoms with E-state index in [1.165, 1.54) is 6.20 Å². The Balaban J connectivity index is 0.000000486. The van der Waals surface area contributed by atoms with Gasteiger partial charge in [-0.2, -0.15) is 13.2 Å². The van der Waals surface area contributed by atoms with Crippen molar-refractivity contribution in [3.05, 3.63) is 23.8 Å². The van der Waals surface area contributed by atoms with Gasteiger partial charge in [-0.15, -0.1) is 0 Å². The van der Waals surface area contributed by atoms with E-state index < -0.39 is 12.1 Å². The van der Waals surface area contributed by atoms with Crippen LogP contribution >= 0.6 is 0 Å². The van der Waals surface area contributed by atoms with Crippen LogP contribution in [0.25, 0.3) is 0 Å². The number of halogens is 3. The van der Waals surface area contributed by atoms with Gasteiger partial charge in [-0.25, -0.2) is 9.78 Å². The molecule has 0 aliphatic heterocycles. The van der Waals surface area contributed by atoms with Gasteiger partial charge in [-0.1, -0.05) is 0 Å². The number of amides is 1. The van der Waals surface area contributed by atoms with Crippen LogP contribution < -0.4 is 11.1 Å². The minimum absolute atomic E-state index is 0.203. The third-order valence-corrected chi connectivity index (χ3v) is 1.92. The van der Waals surface area contributed by atoms with Crippen molar-refractivity contribution in [2.24, 2.45) is 5.73 Å². The summed E-state index contributed by atoms with van der Waals surface area (Å²) in [5.74, 6) is -2.96. The Bertz CT molecular complexity index is 463. The summed E-state index contributed by atoms with van der Waals surface area (Å²) >= 11 is 0. The third-order valence-electron chi connectivity index (χ3n) is 1.92. The molecule has 0 saturated carbocycles. The van der Waals surface area contributed by atoms with Crippen molar-refractivity contribution in [2.75, 3.05) is 13.1 Å². The van der Waals surface area contributed by atoms with E-state index in [0.717, 1.165) is 12.1 Å². The Morgan fingerprint density at radius 2 is 1.90 bits per heavy atom. The Hall–Kier alpha value is -2.23. The number of carboxylic acid groups (broad SMARTS) is 1. The van der Waals surface area contributed by atoms with Crippen LogP contribution in [0.15, 0.2) is 12.4 Å². The molecule has 1 aromatic heterocycles. The number of nitrogens with zero attached hydrogens (tertiary/aromatic N) is 2. The predicted molar refractivity (Wildman–Crippen MR) is 66.5 cm³/mol. The average molecular weight is 308 g/mol. The highest BCUT2D eigenvalue weighted by Crippen LogP contribution is 2.13. The summed E-state index contributed by atoms with van der Waals surface area (Å²) in [6, 6.07) is 0. The highest BCUT2D eigenvalue weighted by molar-refractivity contribution is 5.91. The molecule has 0 fully saturated rings. The molecule has 1 amide bonds. The number of carboxylic acids is 1. The van der Waals surface area contributed by atoms with E-state index in [1.54, 1.807) is 6.20 Å². The molecule has 10 heteroatoms. The second-order valence-electron chi connectivity index (χ2n) is 3.74. The predicted octanol–water partition coefficient (Wildman–Crippen LogP) is 0.497. The quantitative estimate of drug-likeness (QED) is 0.697. The van der Waals surface area contributed by atoms with Gasteiger partial charge in [0.25, 0.3) is 5.91 Å². The van der Waals surface area contributed by atoms with Crippen LogP contribution in [0.4, 0.5) is 13.2 Å². The Kier molecular flexibility index (Phi) is 7.91. The number of nitrogens with one attached hydrogen (secondary N) is 1. The summed E-state index contributed by atoms with van der Waals surface area (Å²) < 4.78 is 31.7. The van der Waals surface area contributed by atoms with Crippen LogP contribution in [0.2, 0.25) is 0 Å². The number of carbonyl (C=O) groups excluding carboxylic acids is 1. The number of aryl methyl sites for hydroxylation is 1. The van der Waals surface area contributed by atoms with Crippen molar-refractivity contribution in [1.82, 2.24) is 15.3 Å². The zero-order chi connectivity index (χ0) is 16.5. The number of rotatable bonds is 4. The average Bonchev–Trinajstić information content (AvgIpc) is 2.39. The summed E-state index contributed by atoms with van der Waals surface area (Å²) in [5, 5.41) is 9.82. The number of nitrogens with two attached hydrogens (primary N) is 1. The molecule has 1 rings (SSSR count). The van der Waals surface area contributed by atoms with Crippen molar-refractivity contribution in [3.63, 3.8) is 0 Å². The zero-order valence-electron chi connectivity index (χ0n) is 11.1. The molecular formula is C11H15F3N4O3. The number of hydrogen-bond acceptors (Lipinski definition) is 5. The minimum atomic E-state index is -5.08. The van der Waals surface area contributed by atoms with Gasteiger partial charge in [-0.05, 0) is 19.9 Å². The van der Waals surface area contributed by atoms with E-state index in [-0.39, 0.29) is 5.91 Å². The maximum Gasteiger partial charge on any atom is 0.490 e. The second kappa shape index (κ2) is 8.84. The molecule has 4 N–H and O–H groups in total. The van der Waals surface area contributed by atoms with Crippen molar-refractivity contribution < 1.29 is 27.9 Å². The molecule has 118 valence electrons. The third kappa shape index (κ3) is 8.52. The van der Waals surface area contributed by atoms with E-state index >= 15 is 0 Å². The molecular weight excluding hydrogens is 293 g/mol. The summed E-state index contributed by atoms with van der Waals surface area (Å²) in [7, 11) is 0. The normalized spacial score (nSPS) is 10.3. The summed E-state index contributed by atoms with van der Waals surface area (Å²) in [6.07, 6.45) is -1.28. The monoisotopic (exact) mass is 308 g/mol. The lowest BCUT2D eigenvalue weighted by Gasteiger charge is -2.02. The fraction of sp³-hybridized carbons (Fsp3) is 0.455. The van der Waals surface area contributed by atoms with E-state index in [0.29, 0.717) is 18.8 Å². The topological polar surface area (TPSA) is 118 Å². The maximum atomic E-state index is 11.4. The number of aromatic nitrogens is 2. The fourth-order valence-corrected chi connectivity index (χ4v) is 0.904. The lowest BCUT2D eigenvalue weighted by molar-refractivity contribution is -0.192. The van der Waals surface area contributed by atoms with Crippen LogP contribution in [0, 0.1) is 6.92 Å². The van der Waals surface area contributed by atoms with Crippen molar-refractivity contribution >= 4 is 11.9 Å². The van der Waals surface area contributed by atoms with Crippen LogP contribution in [-0.2, 0) is 4.79 Å². The van der Waals surface area contributed by atoms with Gasteiger partial charge >= 0.3 is 12.1 Å². The van der Waals surface area contributed by atoms with Crippen LogP contribution in [0.1, 0.15) is 22.6 Å². The Morgan fingerprint density at radius 3 is 2.29 bits per heavy atom. The molecule has 1 aromatic rings. The molecule has 0 unspecified atom stereocenters. The van der Waals surface area contributed by atoms with Gasteiger partial charge in [-0.3, -0.25) is 9.78 Å². The summed E-state index contributed by atoms with van der Waals surface area (Å²) in [6.45, 7) is 2.97. The maximum absolute atomic E-state index is 11.4. The second-order valence-corrected chi connectivity index (χ2v) is 3.74. The summed E-state index contributed by atoms with van der Waals surface area (Å²) in [5.41, 5.74) is 6.43. The Morgan fingerprint density at radius 1 is 1.33 bits per heavy atom. The van der Waals surface area contributed by atoms with E-state index in [1.807, 2.05) is 6.92 Å². The fourth-order valence-electron chi connectivity index (χ4n) is 0.904. The minimum Gasteiger partial charge on any atom is -0.475 e. The van der Waals surface area contributed by atoms with Gasteiger partial charge in [0.15, 0.2) is 0 Å². The van der Waals surface area contributed by atoms with E-state index in [4.69, 9.17) is 15.6 Å². The molecule has 7 nitrogen and oxygen atoms in total. The first-order chi connectivity index (χ1) is 9.68. The van der Waals surface area contributed by atoms with Gasteiger partial charge in [0, 0.05) is 12.7 Å². The van der Waals surface area contributed by atoms with Gasteiger partial charge in [0.1, 0.15) is 5.69 Å². The SMILES string of the molecule is Cc1cnc(C(=O)NCCCN)cn1.O=C(O)C(F)(F)F. The van der Waals surface area contributed by atoms with Gasteiger partial charge in [0.05, 0.1) is 11.9 Å². The summed E-state index contributed by atoms with van der Waals surface area (Å²) in [4.78, 5) is 28.2. The smallest absolute Gasteiger partial charge is 0.475 e. The molecule has 0 bridgehead atoms. The lowest BCUT2D eigenvalue weighted by Crippen LogP contribution is -2.26. The lowest BCUT2D eigenvalue weighted by atomic mass is 10.3. The highest BCUT2D eigenvalue weighted by atomic mass is 19.4. The molecule has 0 aliphatic rings. The standard InChI is InChI=1S/C9H14N4O.C2HF3O2/c1-7-5-13-8(6-12-7)9(14)11-4-2-3-10;3-2(4,5)1(6)7/h5-6H,2-4,10H2,1H3,(H,11,14);(H,6,7). The molecule has 1 heterocycles. The van der Waals surface area contributed by atoms with Crippen molar-refractivity contribution in [3.8, 4) is 0 Å². The van der Waals surface area contributed by atoms with Gasteiger partial charge in [0.2, 0.25) is 0 Å². The van der Waals surface area contributed by atoms with Crippen LogP contribution in [0.5, 0.6) is 0 Å². The zero-order valence-corrected chi connectivity index (χ0v) is 11.1. The number of hydrogen-bond donors (Lipinski definition) is 3. The van der Waals surface area contributed by atoms with Crippen molar-refractivity contribution in [2.45, 2.75) is 19.5 Å². The molecule has 0 spiro atoms. The Labute approximate surface area is 118 Å². The molecule has 0 aliphatic carbocycles. The molecule has 0 atom stereocenters. The number of aliphatic carboxylic acids is 1. The van der Waals surface area contributed by atoms with Gasteiger partial charge < -0.3 is 16.2 Å². The first kappa shape index (κ1) is 18.8. The van der Waals surface area contributed by atoms with Crippen molar-refractivity contribution in [1.29, 1.82) is 0 Å². The van der Waals surface area contributed by atoms with Crippen LogP contribution in [0.3, 0.4) is 0 Å². The van der Waals surface area contributed by atoms with E-state index in [2.05, 4.69) is 15.3 Å².